The standard InChI is InChI=1S/C39H23N3O2/c1-3-10-24(11-4-1)28-15-9-16-31-30-20-18-27(23-35(30)44-36(28)31)39-41-37(25-12-5-2-6-13-25)40-38(42-39)26-19-21-34-32(22-26)29-14-7-8-17-33(29)43-34/h1-23H/i1D,3D,4D,9D,10D,11D,15D,16D,18D,20D,23D. The van der Waals surface area contributed by atoms with Crippen molar-refractivity contribution in [2.24, 2.45) is 0 Å². The van der Waals surface area contributed by atoms with Gasteiger partial charge in [-0.15, -0.1) is 0 Å². The van der Waals surface area contributed by atoms with E-state index in [4.69, 9.17) is 29.8 Å². The highest BCUT2D eigenvalue weighted by Crippen LogP contribution is 2.38. The van der Waals surface area contributed by atoms with E-state index >= 15 is 0 Å². The van der Waals surface area contributed by atoms with Crippen LogP contribution in [-0.4, -0.2) is 15.0 Å². The molecule has 0 spiro atoms. The van der Waals surface area contributed by atoms with E-state index in [2.05, 4.69) is 4.98 Å². The largest absolute Gasteiger partial charge is 0.456 e. The molecular weight excluding hydrogens is 542 g/mol. The first kappa shape index (κ1) is 16.0. The molecule has 0 fully saturated rings. The minimum absolute atomic E-state index is 0.119. The third kappa shape index (κ3) is 3.98. The van der Waals surface area contributed by atoms with Gasteiger partial charge in [-0.05, 0) is 41.9 Å². The van der Waals surface area contributed by atoms with Gasteiger partial charge in [0.1, 0.15) is 22.3 Å². The Hall–Kier alpha value is -6.07. The summed E-state index contributed by atoms with van der Waals surface area (Å²) in [5.41, 5.74) is 0.930. The molecule has 44 heavy (non-hydrogen) atoms. The van der Waals surface area contributed by atoms with Crippen LogP contribution < -0.4 is 0 Å². The predicted molar refractivity (Wildman–Crippen MR) is 176 cm³/mol. The summed E-state index contributed by atoms with van der Waals surface area (Å²) in [7, 11) is 0. The molecule has 0 radical (unpaired) electrons. The maximum atomic E-state index is 9.38. The minimum atomic E-state index is -0.681. The highest BCUT2D eigenvalue weighted by atomic mass is 16.3. The summed E-state index contributed by atoms with van der Waals surface area (Å²) in [5.74, 6) is 0.314. The summed E-state index contributed by atoms with van der Waals surface area (Å²) in [4.78, 5) is 14.2. The zero-order valence-corrected chi connectivity index (χ0v) is 22.6. The first-order valence-electron chi connectivity index (χ1n) is 19.1. The Morgan fingerprint density at radius 2 is 1.20 bits per heavy atom. The molecule has 0 saturated carbocycles. The quantitative estimate of drug-likeness (QED) is 0.209. The molecule has 206 valence electrons. The van der Waals surface area contributed by atoms with E-state index in [0.29, 0.717) is 22.3 Å². The highest BCUT2D eigenvalue weighted by Gasteiger charge is 2.17. The van der Waals surface area contributed by atoms with Crippen molar-refractivity contribution in [1.82, 2.24) is 15.0 Å². The third-order valence-corrected chi connectivity index (χ3v) is 7.34. The first-order valence-corrected chi connectivity index (χ1v) is 13.6. The van der Waals surface area contributed by atoms with Gasteiger partial charge in [-0.3, -0.25) is 0 Å². The fraction of sp³-hybridized carbons (Fsp3) is 0. The van der Waals surface area contributed by atoms with Crippen molar-refractivity contribution >= 4 is 43.9 Å². The fourth-order valence-electron chi connectivity index (χ4n) is 5.28. The second-order valence-electron chi connectivity index (χ2n) is 9.99. The zero-order valence-electron chi connectivity index (χ0n) is 33.6. The van der Waals surface area contributed by atoms with Crippen LogP contribution in [0.5, 0.6) is 0 Å². The fourth-order valence-corrected chi connectivity index (χ4v) is 5.28. The van der Waals surface area contributed by atoms with Crippen molar-refractivity contribution in [3.63, 3.8) is 0 Å². The van der Waals surface area contributed by atoms with Crippen molar-refractivity contribution in [2.45, 2.75) is 0 Å². The zero-order chi connectivity index (χ0) is 38.6. The number of hydrogen-bond donors (Lipinski definition) is 0. The second kappa shape index (κ2) is 9.75. The number of hydrogen-bond acceptors (Lipinski definition) is 5. The van der Waals surface area contributed by atoms with Gasteiger partial charge in [0.2, 0.25) is 0 Å². The topological polar surface area (TPSA) is 65.0 Å². The number of benzene rings is 6. The average Bonchev–Trinajstić information content (AvgIpc) is 3.78. The van der Waals surface area contributed by atoms with Gasteiger partial charge in [-0.2, -0.15) is 0 Å². The Labute approximate surface area is 267 Å². The van der Waals surface area contributed by atoms with Gasteiger partial charge < -0.3 is 8.83 Å². The van der Waals surface area contributed by atoms with Crippen molar-refractivity contribution < 1.29 is 23.9 Å². The third-order valence-electron chi connectivity index (χ3n) is 7.34. The summed E-state index contributed by atoms with van der Waals surface area (Å²) in [6.07, 6.45) is 0. The van der Waals surface area contributed by atoms with Crippen molar-refractivity contribution in [2.75, 3.05) is 0 Å². The maximum Gasteiger partial charge on any atom is 0.164 e. The molecule has 0 bridgehead atoms. The Morgan fingerprint density at radius 3 is 2.07 bits per heavy atom. The van der Waals surface area contributed by atoms with Gasteiger partial charge in [-0.25, -0.2) is 15.0 Å². The van der Waals surface area contributed by atoms with Crippen LogP contribution in [0.4, 0.5) is 0 Å². The lowest BCUT2D eigenvalue weighted by Gasteiger charge is -2.08. The maximum absolute atomic E-state index is 9.38. The van der Waals surface area contributed by atoms with E-state index in [1.807, 2.05) is 48.5 Å². The van der Waals surface area contributed by atoms with Gasteiger partial charge in [-0.1, -0.05) is 103 Å². The van der Waals surface area contributed by atoms with Crippen molar-refractivity contribution in [1.29, 1.82) is 0 Å². The molecule has 0 aliphatic heterocycles. The summed E-state index contributed by atoms with van der Waals surface area (Å²) in [6, 6.07) is 15.5. The molecule has 3 aromatic heterocycles. The van der Waals surface area contributed by atoms with Crippen LogP contribution >= 0.6 is 0 Å². The van der Waals surface area contributed by atoms with Crippen molar-refractivity contribution in [3.05, 3.63) is 139 Å². The summed E-state index contributed by atoms with van der Waals surface area (Å²) < 4.78 is 108. The van der Waals surface area contributed by atoms with Crippen LogP contribution in [0.1, 0.15) is 15.1 Å². The molecule has 3 heterocycles. The lowest BCUT2D eigenvalue weighted by molar-refractivity contribution is 0.669. The van der Waals surface area contributed by atoms with Gasteiger partial charge in [0.25, 0.3) is 0 Å². The van der Waals surface area contributed by atoms with Crippen LogP contribution in [0.25, 0.3) is 89.2 Å². The predicted octanol–water partition coefficient (Wildman–Crippen LogP) is 10.3. The van der Waals surface area contributed by atoms with Crippen molar-refractivity contribution in [3.8, 4) is 45.3 Å². The lowest BCUT2D eigenvalue weighted by atomic mass is 10.0. The Morgan fingerprint density at radius 1 is 0.455 bits per heavy atom. The first-order chi connectivity index (χ1) is 26.4. The molecule has 0 atom stereocenters. The molecule has 0 amide bonds. The monoisotopic (exact) mass is 576 g/mol. The minimum Gasteiger partial charge on any atom is -0.456 e. The number of furan rings is 2. The summed E-state index contributed by atoms with van der Waals surface area (Å²) in [5, 5.41) is 1.31. The van der Waals surface area contributed by atoms with Crippen LogP contribution in [0.15, 0.2) is 148 Å². The van der Waals surface area contributed by atoms with Gasteiger partial charge >= 0.3 is 0 Å². The average molecular weight is 577 g/mol. The number of fused-ring (bicyclic) bond motifs is 6. The van der Waals surface area contributed by atoms with Crippen LogP contribution in [-0.2, 0) is 0 Å². The number of aromatic nitrogens is 3. The molecule has 9 aromatic rings. The molecule has 5 nitrogen and oxygen atoms in total. The van der Waals surface area contributed by atoms with E-state index in [-0.39, 0.29) is 50.5 Å². The Kier molecular flexibility index (Phi) is 3.54. The molecule has 5 heteroatoms. The van der Waals surface area contributed by atoms with E-state index in [9.17, 15) is 4.11 Å². The molecule has 9 rings (SSSR count). The van der Waals surface area contributed by atoms with Crippen LogP contribution in [0.2, 0.25) is 0 Å². The number of nitrogens with zero attached hydrogens (tertiary/aromatic N) is 3. The molecular formula is C39H23N3O2. The number of rotatable bonds is 4. The van der Waals surface area contributed by atoms with Gasteiger partial charge in [0, 0.05) is 43.8 Å². The summed E-state index contributed by atoms with van der Waals surface area (Å²) >= 11 is 0. The normalized spacial score (nSPS) is 15.1. The van der Waals surface area contributed by atoms with Crippen LogP contribution in [0.3, 0.4) is 0 Å². The van der Waals surface area contributed by atoms with E-state index in [1.54, 1.807) is 24.3 Å². The Balaban J connectivity index is 1.34. The SMILES string of the molecule is [2H]c1c([2H])c([2H])c(-c2c([2H])c([2H])c([2H])c3c2oc2c([2H])c(-c4nc(-c5ccccc5)nc(-c5ccc6oc7ccccc7c6c5)n4)c([2H])c([2H])c23)c([2H])c1[2H]. The lowest BCUT2D eigenvalue weighted by Crippen LogP contribution is -2.00. The van der Waals surface area contributed by atoms with Gasteiger partial charge in [0.05, 0.1) is 15.1 Å². The molecule has 0 saturated heterocycles. The molecule has 6 aromatic carbocycles. The second-order valence-corrected chi connectivity index (χ2v) is 9.99. The smallest absolute Gasteiger partial charge is 0.164 e. The van der Waals surface area contributed by atoms with E-state index in [0.717, 1.165) is 10.8 Å². The van der Waals surface area contributed by atoms with E-state index in [1.165, 1.54) is 0 Å². The number of para-hydroxylation sites is 2. The summed E-state index contributed by atoms with van der Waals surface area (Å²) in [6.45, 7) is 0. The Bertz CT molecular complexity index is 3100. The highest BCUT2D eigenvalue weighted by molar-refractivity contribution is 6.10. The van der Waals surface area contributed by atoms with E-state index < -0.39 is 72.0 Å². The molecule has 0 unspecified atom stereocenters. The van der Waals surface area contributed by atoms with Crippen LogP contribution in [0, 0.1) is 0 Å². The molecule has 0 aliphatic rings. The van der Waals surface area contributed by atoms with Gasteiger partial charge in [0.15, 0.2) is 17.5 Å². The molecule has 0 aliphatic carbocycles. The molecule has 0 N–H and O–H groups in total.